The van der Waals surface area contributed by atoms with Crippen LogP contribution in [0.3, 0.4) is 0 Å². The number of sulfonamides is 1. The predicted octanol–water partition coefficient (Wildman–Crippen LogP) is 3.93. The topological polar surface area (TPSA) is 94.2 Å². The Labute approximate surface area is 195 Å². The molecule has 0 unspecified atom stereocenters. The summed E-state index contributed by atoms with van der Waals surface area (Å²) in [4.78, 5) is 12.5. The molecular weight excluding hydrogens is 444 g/mol. The number of nitrogens with one attached hydrogen (secondary N) is 1. The van der Waals surface area contributed by atoms with Crippen molar-refractivity contribution in [2.24, 2.45) is 0 Å². The van der Waals surface area contributed by atoms with Crippen LogP contribution in [0.2, 0.25) is 0 Å². The molecule has 0 aliphatic carbocycles. The summed E-state index contributed by atoms with van der Waals surface area (Å²) in [7, 11) is -0.779. The van der Waals surface area contributed by atoms with Crippen molar-refractivity contribution in [3.8, 4) is 17.2 Å². The number of amides is 1. The van der Waals surface area contributed by atoms with Crippen LogP contribution in [0, 0.1) is 0 Å². The van der Waals surface area contributed by atoms with Gasteiger partial charge in [0.2, 0.25) is 10.0 Å². The highest BCUT2D eigenvalue weighted by atomic mass is 32.2. The first kappa shape index (κ1) is 24.6. The van der Waals surface area contributed by atoms with E-state index in [1.54, 1.807) is 12.1 Å². The lowest BCUT2D eigenvalue weighted by Crippen LogP contribution is -2.35. The lowest BCUT2D eigenvalue weighted by molar-refractivity contribution is -0.118. The Hall–Kier alpha value is -3.04. The van der Waals surface area contributed by atoms with Gasteiger partial charge in [0.15, 0.2) is 18.1 Å². The summed E-state index contributed by atoms with van der Waals surface area (Å²) >= 11 is 0. The molecule has 0 bridgehead atoms. The number of benzene rings is 2. The van der Waals surface area contributed by atoms with Crippen molar-refractivity contribution < 1.29 is 27.4 Å². The molecule has 0 spiro atoms. The maximum Gasteiger partial charge on any atom is 0.262 e. The van der Waals surface area contributed by atoms with Crippen LogP contribution in [0.15, 0.2) is 47.4 Å². The van der Waals surface area contributed by atoms with Crippen molar-refractivity contribution in [3.63, 3.8) is 0 Å². The largest absolute Gasteiger partial charge is 0.495 e. The molecule has 1 saturated heterocycles. The summed E-state index contributed by atoms with van der Waals surface area (Å²) in [5.41, 5.74) is 1.29. The van der Waals surface area contributed by atoms with Crippen molar-refractivity contribution >= 4 is 27.7 Å². The number of nitrogens with zero attached hydrogens (tertiary/aromatic N) is 1. The van der Waals surface area contributed by atoms with Gasteiger partial charge in [-0.3, -0.25) is 4.79 Å². The second-order valence-corrected chi connectivity index (χ2v) is 9.48. The van der Waals surface area contributed by atoms with E-state index in [1.807, 2.05) is 31.2 Å². The lowest BCUT2D eigenvalue weighted by atomic mass is 10.2. The number of hydrogen-bond donors (Lipinski definition) is 1. The van der Waals surface area contributed by atoms with E-state index in [1.165, 1.54) is 30.7 Å². The molecule has 9 heteroatoms. The zero-order chi connectivity index (χ0) is 23.8. The van der Waals surface area contributed by atoms with Gasteiger partial charge in [0.25, 0.3) is 5.91 Å². The van der Waals surface area contributed by atoms with Crippen molar-refractivity contribution in [1.82, 2.24) is 4.31 Å². The summed E-state index contributed by atoms with van der Waals surface area (Å²) in [5, 5.41) is 2.69. The van der Waals surface area contributed by atoms with E-state index in [2.05, 4.69) is 5.32 Å². The average molecular weight is 475 g/mol. The number of hydrogen-bond acceptors (Lipinski definition) is 6. The Balaban J connectivity index is 1.72. The van der Waals surface area contributed by atoms with E-state index in [4.69, 9.17) is 14.2 Å². The number of methoxy groups -OCH3 is 2. The molecular formula is C24H30N2O6S. The van der Waals surface area contributed by atoms with Crippen LogP contribution in [0.1, 0.15) is 31.7 Å². The van der Waals surface area contributed by atoms with Crippen LogP contribution >= 0.6 is 0 Å². The lowest BCUT2D eigenvalue weighted by Gasteiger charge is -2.26. The third kappa shape index (κ3) is 6.06. The van der Waals surface area contributed by atoms with E-state index < -0.39 is 15.9 Å². The van der Waals surface area contributed by atoms with Crippen molar-refractivity contribution in [2.75, 3.05) is 39.2 Å². The minimum atomic E-state index is -3.73. The Morgan fingerprint density at radius 1 is 1.00 bits per heavy atom. The molecule has 0 saturated carbocycles. The standard InChI is InChI=1S/C24H30N2O6S/c1-4-8-18-9-11-20(22(15-18)31-3)32-17-24(27)25-19-10-12-21(30-2)23(16-19)33(28,29)26-13-6-5-7-14-26/h4,8-12,15-16H,5-7,13-14,17H2,1-3H3,(H,25,27)/b8-4+. The normalized spacial score (nSPS) is 14.8. The van der Waals surface area contributed by atoms with E-state index in [9.17, 15) is 13.2 Å². The van der Waals surface area contributed by atoms with Crippen LogP contribution in [0.5, 0.6) is 17.2 Å². The second kappa shape index (κ2) is 11.2. The first-order valence-corrected chi connectivity index (χ1v) is 12.2. The zero-order valence-electron chi connectivity index (χ0n) is 19.2. The smallest absolute Gasteiger partial charge is 0.262 e. The van der Waals surface area contributed by atoms with E-state index >= 15 is 0 Å². The van der Waals surface area contributed by atoms with Crippen molar-refractivity contribution in [1.29, 1.82) is 0 Å². The Morgan fingerprint density at radius 2 is 1.70 bits per heavy atom. The van der Waals surface area contributed by atoms with Gasteiger partial charge in [-0.1, -0.05) is 24.6 Å². The van der Waals surface area contributed by atoms with Gasteiger partial charge >= 0.3 is 0 Å². The predicted molar refractivity (Wildman–Crippen MR) is 127 cm³/mol. The maximum atomic E-state index is 13.2. The molecule has 1 amide bonds. The van der Waals surface area contributed by atoms with Gasteiger partial charge in [-0.2, -0.15) is 4.31 Å². The van der Waals surface area contributed by atoms with Gasteiger partial charge in [0.05, 0.1) is 14.2 Å². The Kier molecular flexibility index (Phi) is 8.35. The fourth-order valence-electron chi connectivity index (χ4n) is 3.64. The fraction of sp³-hybridized carbons (Fsp3) is 0.375. The first-order chi connectivity index (χ1) is 15.9. The van der Waals surface area contributed by atoms with Gasteiger partial charge in [-0.15, -0.1) is 0 Å². The zero-order valence-corrected chi connectivity index (χ0v) is 20.0. The van der Waals surface area contributed by atoms with E-state index in [0.717, 1.165) is 24.8 Å². The molecule has 33 heavy (non-hydrogen) atoms. The molecule has 2 aromatic rings. The molecule has 8 nitrogen and oxygen atoms in total. The Bertz CT molecular complexity index is 1110. The number of rotatable bonds is 9. The second-order valence-electron chi connectivity index (χ2n) is 7.58. The summed E-state index contributed by atoms with van der Waals surface area (Å²) in [5.74, 6) is 0.753. The summed E-state index contributed by atoms with van der Waals surface area (Å²) in [6.07, 6.45) is 6.51. The van der Waals surface area contributed by atoms with Crippen LogP contribution in [0.25, 0.3) is 6.08 Å². The molecule has 1 N–H and O–H groups in total. The van der Waals surface area contributed by atoms with Gasteiger partial charge in [0, 0.05) is 18.8 Å². The molecule has 3 rings (SSSR count). The molecule has 178 valence electrons. The highest BCUT2D eigenvalue weighted by Crippen LogP contribution is 2.31. The van der Waals surface area contributed by atoms with Crippen molar-refractivity contribution in [3.05, 3.63) is 48.0 Å². The van der Waals surface area contributed by atoms with E-state index in [-0.39, 0.29) is 17.3 Å². The van der Waals surface area contributed by atoms with Gasteiger partial charge < -0.3 is 19.5 Å². The number of carbonyl (C=O) groups excluding carboxylic acids is 1. The molecule has 0 aromatic heterocycles. The Morgan fingerprint density at radius 3 is 2.36 bits per heavy atom. The van der Waals surface area contributed by atoms with Crippen LogP contribution in [-0.2, 0) is 14.8 Å². The average Bonchev–Trinajstić information content (AvgIpc) is 2.83. The number of ether oxygens (including phenoxy) is 3. The third-order valence-electron chi connectivity index (χ3n) is 5.29. The van der Waals surface area contributed by atoms with Crippen LogP contribution in [-0.4, -0.2) is 52.5 Å². The van der Waals surface area contributed by atoms with Crippen molar-refractivity contribution in [2.45, 2.75) is 31.1 Å². The molecule has 0 atom stereocenters. The minimum Gasteiger partial charge on any atom is -0.495 e. The van der Waals surface area contributed by atoms with Crippen LogP contribution < -0.4 is 19.5 Å². The molecule has 1 aliphatic heterocycles. The van der Waals surface area contributed by atoms with Gasteiger partial charge in [-0.05, 0) is 55.7 Å². The molecule has 1 aliphatic rings. The van der Waals surface area contributed by atoms with Gasteiger partial charge in [-0.25, -0.2) is 8.42 Å². The number of anilines is 1. The minimum absolute atomic E-state index is 0.0341. The SMILES string of the molecule is C/C=C/c1ccc(OCC(=O)Nc2ccc(OC)c(S(=O)(=O)N3CCCCC3)c2)c(OC)c1. The third-order valence-corrected chi connectivity index (χ3v) is 7.21. The fourth-order valence-corrected chi connectivity index (χ4v) is 5.34. The first-order valence-electron chi connectivity index (χ1n) is 10.8. The number of allylic oxidation sites excluding steroid dienone is 1. The number of carbonyl (C=O) groups is 1. The molecule has 1 heterocycles. The van der Waals surface area contributed by atoms with Crippen LogP contribution in [0.4, 0.5) is 5.69 Å². The highest BCUT2D eigenvalue weighted by molar-refractivity contribution is 7.89. The summed E-state index contributed by atoms with van der Waals surface area (Å²) in [6.45, 7) is 2.61. The molecule has 1 fully saturated rings. The maximum absolute atomic E-state index is 13.2. The molecule has 0 radical (unpaired) electrons. The van der Waals surface area contributed by atoms with Gasteiger partial charge in [0.1, 0.15) is 10.6 Å². The summed E-state index contributed by atoms with van der Waals surface area (Å²) in [6, 6.07) is 9.96. The number of piperidine rings is 1. The van der Waals surface area contributed by atoms with E-state index in [0.29, 0.717) is 30.3 Å². The quantitative estimate of drug-likeness (QED) is 0.592. The molecule has 2 aromatic carbocycles. The highest BCUT2D eigenvalue weighted by Gasteiger charge is 2.29. The monoisotopic (exact) mass is 474 g/mol. The summed E-state index contributed by atoms with van der Waals surface area (Å²) < 4.78 is 44.0.